The number of benzene rings is 1. The van der Waals surface area contributed by atoms with Gasteiger partial charge in [-0.1, -0.05) is 11.8 Å². The number of aromatic nitrogens is 2. The zero-order valence-corrected chi connectivity index (χ0v) is 15.8. The smallest absolute Gasteiger partial charge is 0.238 e. The van der Waals surface area contributed by atoms with Crippen molar-refractivity contribution in [2.24, 2.45) is 5.14 Å². The topological polar surface area (TPSA) is 98.3 Å². The summed E-state index contributed by atoms with van der Waals surface area (Å²) in [7, 11) is -3.73. The Morgan fingerprint density at radius 3 is 2.80 bits per heavy atom. The van der Waals surface area contributed by atoms with Crippen LogP contribution in [0.5, 0.6) is 0 Å². The van der Waals surface area contributed by atoms with Crippen molar-refractivity contribution in [1.82, 2.24) is 14.5 Å². The van der Waals surface area contributed by atoms with E-state index in [0.29, 0.717) is 11.9 Å². The number of likely N-dealkylation sites (tertiary alicyclic amines) is 1. The molecule has 0 unspecified atom stereocenters. The number of primary sulfonamides is 1. The van der Waals surface area contributed by atoms with Gasteiger partial charge in [-0.2, -0.15) is 0 Å². The summed E-state index contributed by atoms with van der Waals surface area (Å²) in [5, 5.41) is 6.05. The molecule has 1 saturated heterocycles. The molecule has 2 N–H and O–H groups in total. The Morgan fingerprint density at radius 1 is 1.36 bits per heavy atom. The van der Waals surface area contributed by atoms with Gasteiger partial charge in [-0.15, -0.1) is 0 Å². The highest BCUT2D eigenvalue weighted by Crippen LogP contribution is 2.26. The number of rotatable bonds is 7. The van der Waals surface area contributed by atoms with Crippen molar-refractivity contribution in [2.45, 2.75) is 42.8 Å². The molecule has 2 aromatic rings. The fourth-order valence-electron chi connectivity index (χ4n) is 3.04. The van der Waals surface area contributed by atoms with E-state index in [4.69, 9.17) is 5.14 Å². The second-order valence-electron chi connectivity index (χ2n) is 6.02. The first-order valence-electron chi connectivity index (χ1n) is 8.34. The maximum absolute atomic E-state index is 11.6. The molecule has 2 heterocycles. The van der Waals surface area contributed by atoms with Gasteiger partial charge in [0, 0.05) is 31.8 Å². The average molecular weight is 383 g/mol. The minimum absolute atomic E-state index is 0.0739. The lowest BCUT2D eigenvalue weighted by Crippen LogP contribution is -2.25. The van der Waals surface area contributed by atoms with Gasteiger partial charge >= 0.3 is 0 Å². The van der Waals surface area contributed by atoms with Crippen LogP contribution < -0.4 is 5.14 Å². The van der Waals surface area contributed by atoms with Gasteiger partial charge in [0.25, 0.3) is 0 Å². The molecule has 0 atom stereocenters. The van der Waals surface area contributed by atoms with Crippen molar-refractivity contribution in [3.05, 3.63) is 18.2 Å². The Kier molecular flexibility index (Phi) is 5.35. The highest BCUT2D eigenvalue weighted by molar-refractivity contribution is 7.99. The van der Waals surface area contributed by atoms with Gasteiger partial charge in [0.2, 0.25) is 15.9 Å². The number of fused-ring (bicyclic) bond motifs is 1. The lowest BCUT2D eigenvalue weighted by molar-refractivity contribution is -0.127. The van der Waals surface area contributed by atoms with Crippen molar-refractivity contribution in [3.63, 3.8) is 0 Å². The van der Waals surface area contributed by atoms with Gasteiger partial charge in [-0.05, 0) is 38.0 Å². The second-order valence-corrected chi connectivity index (χ2v) is 8.64. The van der Waals surface area contributed by atoms with E-state index in [1.807, 2.05) is 11.8 Å². The molecule has 3 rings (SSSR count). The Bertz CT molecular complexity index is 892. The summed E-state index contributed by atoms with van der Waals surface area (Å²) in [5.74, 6) is 1.11. The molecule has 1 fully saturated rings. The van der Waals surface area contributed by atoms with Crippen LogP contribution >= 0.6 is 11.8 Å². The van der Waals surface area contributed by atoms with Crippen LogP contribution in [0.1, 0.15) is 26.2 Å². The van der Waals surface area contributed by atoms with E-state index in [1.165, 1.54) is 12.1 Å². The molecule has 0 aliphatic carbocycles. The molecular weight excluding hydrogens is 360 g/mol. The van der Waals surface area contributed by atoms with E-state index in [2.05, 4.69) is 9.55 Å². The van der Waals surface area contributed by atoms with Crippen LogP contribution in [0.15, 0.2) is 28.3 Å². The molecular formula is C16H22N4O3S2. The molecule has 1 aliphatic rings. The number of hydrogen-bond donors (Lipinski definition) is 1. The lowest BCUT2D eigenvalue weighted by atomic mass is 10.3. The van der Waals surface area contributed by atoms with E-state index in [-0.39, 0.29) is 10.8 Å². The molecule has 9 heteroatoms. The van der Waals surface area contributed by atoms with E-state index in [0.717, 1.165) is 48.9 Å². The number of imidazole rings is 1. The number of carbonyl (C=O) groups excluding carboxylic acids is 1. The van der Waals surface area contributed by atoms with Crippen molar-refractivity contribution >= 4 is 38.7 Å². The summed E-state index contributed by atoms with van der Waals surface area (Å²) < 4.78 is 25.1. The standard InChI is InChI=1S/C16H22N4O3S2/c1-2-20-14-7-6-12(25(17,22)23)11-13(14)18-16(20)24-10-4-9-19-8-3-5-15(19)21/h6-7,11H,2-5,8-10H2,1H3,(H2,17,22,23). The highest BCUT2D eigenvalue weighted by Gasteiger charge is 2.19. The monoisotopic (exact) mass is 382 g/mol. The largest absolute Gasteiger partial charge is 0.343 e. The maximum Gasteiger partial charge on any atom is 0.238 e. The summed E-state index contributed by atoms with van der Waals surface area (Å²) >= 11 is 1.63. The molecule has 25 heavy (non-hydrogen) atoms. The predicted molar refractivity (Wildman–Crippen MR) is 97.9 cm³/mol. The van der Waals surface area contributed by atoms with Crippen molar-refractivity contribution in [3.8, 4) is 0 Å². The molecule has 1 aromatic heterocycles. The molecule has 0 bridgehead atoms. The van der Waals surface area contributed by atoms with Crippen LogP contribution in [0.3, 0.4) is 0 Å². The second kappa shape index (κ2) is 7.35. The highest BCUT2D eigenvalue weighted by atomic mass is 32.2. The number of aryl methyl sites for hydroxylation is 1. The molecule has 1 aromatic carbocycles. The van der Waals surface area contributed by atoms with Crippen LogP contribution in [0, 0.1) is 0 Å². The van der Waals surface area contributed by atoms with E-state index < -0.39 is 10.0 Å². The summed E-state index contributed by atoms with van der Waals surface area (Å²) in [6, 6.07) is 4.78. The van der Waals surface area contributed by atoms with Crippen LogP contribution in [0.4, 0.5) is 0 Å². The van der Waals surface area contributed by atoms with Gasteiger partial charge in [0.05, 0.1) is 15.9 Å². The van der Waals surface area contributed by atoms with Crippen molar-refractivity contribution in [2.75, 3.05) is 18.8 Å². The van der Waals surface area contributed by atoms with Crippen molar-refractivity contribution < 1.29 is 13.2 Å². The van der Waals surface area contributed by atoms with Crippen LogP contribution in [-0.4, -0.2) is 47.6 Å². The first kappa shape index (κ1) is 18.2. The number of sulfonamides is 1. The Hall–Kier alpha value is -1.58. The number of amides is 1. The van der Waals surface area contributed by atoms with Gasteiger partial charge in [-0.25, -0.2) is 18.5 Å². The normalized spacial score (nSPS) is 15.4. The quantitative estimate of drug-likeness (QED) is 0.582. The zero-order valence-electron chi connectivity index (χ0n) is 14.1. The minimum atomic E-state index is -3.73. The number of nitrogens with two attached hydrogens (primary N) is 1. The fourth-order valence-corrected chi connectivity index (χ4v) is 4.58. The van der Waals surface area contributed by atoms with E-state index in [1.54, 1.807) is 17.8 Å². The first-order chi connectivity index (χ1) is 11.9. The predicted octanol–water partition coefficient (Wildman–Crippen LogP) is 1.81. The fraction of sp³-hybridized carbons (Fsp3) is 0.500. The summed E-state index contributed by atoms with van der Waals surface area (Å²) in [4.78, 5) is 18.2. The molecule has 136 valence electrons. The van der Waals surface area contributed by atoms with Gasteiger partial charge in [-0.3, -0.25) is 4.79 Å². The number of nitrogens with zero attached hydrogens (tertiary/aromatic N) is 3. The molecule has 7 nitrogen and oxygen atoms in total. The summed E-state index contributed by atoms with van der Waals surface area (Å²) in [6.07, 6.45) is 2.54. The van der Waals surface area contributed by atoms with Crippen LogP contribution in [0.25, 0.3) is 11.0 Å². The SMILES string of the molecule is CCn1c(SCCCN2CCCC2=O)nc2cc(S(N)(=O)=O)ccc21. The first-order valence-corrected chi connectivity index (χ1v) is 10.9. The number of hydrogen-bond acceptors (Lipinski definition) is 5. The molecule has 1 aliphatic heterocycles. The lowest BCUT2D eigenvalue weighted by Gasteiger charge is -2.14. The summed E-state index contributed by atoms with van der Waals surface area (Å²) in [6.45, 7) is 4.43. The van der Waals surface area contributed by atoms with Crippen LogP contribution in [0.2, 0.25) is 0 Å². The zero-order chi connectivity index (χ0) is 18.0. The third kappa shape index (κ3) is 3.99. The molecule has 0 spiro atoms. The van der Waals surface area contributed by atoms with Gasteiger partial charge in [0.15, 0.2) is 5.16 Å². The average Bonchev–Trinajstić information content (AvgIpc) is 3.12. The maximum atomic E-state index is 11.6. The Labute approximate surface area is 151 Å². The number of carbonyl (C=O) groups is 1. The van der Waals surface area contributed by atoms with Gasteiger partial charge in [0.1, 0.15) is 0 Å². The molecule has 1 amide bonds. The Morgan fingerprint density at radius 2 is 2.16 bits per heavy atom. The third-order valence-corrected chi connectivity index (χ3v) is 6.28. The minimum Gasteiger partial charge on any atom is -0.343 e. The third-order valence-electron chi connectivity index (χ3n) is 4.30. The number of thioether (sulfide) groups is 1. The molecule has 0 saturated carbocycles. The van der Waals surface area contributed by atoms with Crippen LogP contribution in [-0.2, 0) is 21.4 Å². The van der Waals surface area contributed by atoms with E-state index >= 15 is 0 Å². The summed E-state index contributed by atoms with van der Waals surface area (Å²) in [5.41, 5.74) is 1.53. The van der Waals surface area contributed by atoms with E-state index in [9.17, 15) is 13.2 Å². The van der Waals surface area contributed by atoms with Gasteiger partial charge < -0.3 is 9.47 Å². The van der Waals surface area contributed by atoms with Crippen molar-refractivity contribution in [1.29, 1.82) is 0 Å². The Balaban J connectivity index is 1.71. The molecule has 0 radical (unpaired) electrons.